The Hall–Kier alpha value is -1.03. The van der Waals surface area contributed by atoms with Gasteiger partial charge >= 0.3 is 0 Å². The average Bonchev–Trinajstić information content (AvgIpc) is 3.25. The summed E-state index contributed by atoms with van der Waals surface area (Å²) in [7, 11) is -3.48. The molecular weight excluding hydrogens is 370 g/mol. The van der Waals surface area contributed by atoms with E-state index in [1.807, 2.05) is 35.9 Å². The normalized spacial score (nSPS) is 13.3. The van der Waals surface area contributed by atoms with Gasteiger partial charge in [-0.15, -0.1) is 22.7 Å². The minimum atomic E-state index is -3.48. The molecule has 0 aliphatic rings. The third-order valence-corrected chi connectivity index (χ3v) is 7.96. The van der Waals surface area contributed by atoms with Crippen molar-refractivity contribution >= 4 is 44.0 Å². The molecule has 0 aromatic carbocycles. The number of aliphatic hydroxyl groups excluding tert-OH is 1. The second kappa shape index (κ2) is 6.84. The van der Waals surface area contributed by atoms with Crippen molar-refractivity contribution in [2.75, 3.05) is 0 Å². The van der Waals surface area contributed by atoms with Crippen molar-refractivity contribution in [3.63, 3.8) is 0 Å². The standard InChI is InChI=1S/C15H15NO3S4/c1-10-2-5-14(21-10)23(18,19)16-8-12-3-4-13(22-12)15(17)11-6-7-20-9-11/h2-7,9,15-17H,8H2,1H3. The Morgan fingerprint density at radius 2 is 2.00 bits per heavy atom. The highest BCUT2D eigenvalue weighted by Gasteiger charge is 2.17. The highest BCUT2D eigenvalue weighted by atomic mass is 32.2. The minimum Gasteiger partial charge on any atom is -0.383 e. The smallest absolute Gasteiger partial charge is 0.250 e. The van der Waals surface area contributed by atoms with Crippen LogP contribution in [0.25, 0.3) is 0 Å². The summed E-state index contributed by atoms with van der Waals surface area (Å²) in [6.07, 6.45) is -0.656. The van der Waals surface area contributed by atoms with Crippen LogP contribution in [-0.4, -0.2) is 13.5 Å². The quantitative estimate of drug-likeness (QED) is 0.679. The third-order valence-electron chi connectivity index (χ3n) is 3.23. The zero-order valence-corrected chi connectivity index (χ0v) is 15.5. The maximum absolute atomic E-state index is 12.2. The second-order valence-corrected chi connectivity index (χ2v) is 10.2. The van der Waals surface area contributed by atoms with Crippen LogP contribution in [0.3, 0.4) is 0 Å². The van der Waals surface area contributed by atoms with Crippen molar-refractivity contribution < 1.29 is 13.5 Å². The number of hydrogen-bond acceptors (Lipinski definition) is 6. The fraction of sp³-hybridized carbons (Fsp3) is 0.200. The first-order valence-electron chi connectivity index (χ1n) is 6.80. The summed E-state index contributed by atoms with van der Waals surface area (Å²) >= 11 is 4.20. The van der Waals surface area contributed by atoms with Crippen molar-refractivity contribution in [2.24, 2.45) is 0 Å². The van der Waals surface area contributed by atoms with E-state index in [1.165, 1.54) is 34.0 Å². The van der Waals surface area contributed by atoms with Gasteiger partial charge in [-0.2, -0.15) is 11.3 Å². The molecule has 2 N–H and O–H groups in total. The van der Waals surface area contributed by atoms with Gasteiger partial charge in [0.25, 0.3) is 0 Å². The molecule has 23 heavy (non-hydrogen) atoms. The van der Waals surface area contributed by atoms with Crippen molar-refractivity contribution in [1.29, 1.82) is 0 Å². The van der Waals surface area contributed by atoms with Crippen molar-refractivity contribution in [3.8, 4) is 0 Å². The fourth-order valence-corrected chi connectivity index (χ4v) is 6.10. The SMILES string of the molecule is Cc1ccc(S(=O)(=O)NCc2ccc(C(O)c3ccsc3)s2)s1. The van der Waals surface area contributed by atoms with Gasteiger partial charge in [-0.05, 0) is 53.6 Å². The van der Waals surface area contributed by atoms with Crippen LogP contribution in [0.5, 0.6) is 0 Å². The number of hydrogen-bond donors (Lipinski definition) is 2. The first-order valence-corrected chi connectivity index (χ1v) is 10.9. The van der Waals surface area contributed by atoms with E-state index in [2.05, 4.69) is 4.72 Å². The van der Waals surface area contributed by atoms with Gasteiger partial charge in [0.1, 0.15) is 10.3 Å². The number of thiophene rings is 3. The topological polar surface area (TPSA) is 66.4 Å². The molecule has 0 spiro atoms. The highest BCUT2D eigenvalue weighted by Crippen LogP contribution is 2.30. The molecule has 8 heteroatoms. The third kappa shape index (κ3) is 3.90. The molecule has 3 aromatic rings. The summed E-state index contributed by atoms with van der Waals surface area (Å²) in [4.78, 5) is 2.64. The van der Waals surface area contributed by atoms with E-state index >= 15 is 0 Å². The molecule has 3 heterocycles. The summed E-state index contributed by atoms with van der Waals surface area (Å²) in [6, 6.07) is 8.97. The molecule has 3 rings (SSSR count). The summed E-state index contributed by atoms with van der Waals surface area (Å²) < 4.78 is 27.3. The molecule has 0 saturated heterocycles. The number of sulfonamides is 1. The summed E-state index contributed by atoms with van der Waals surface area (Å²) in [5.41, 5.74) is 0.859. The molecule has 0 aliphatic heterocycles. The van der Waals surface area contributed by atoms with Crippen LogP contribution < -0.4 is 4.72 Å². The molecule has 0 aliphatic carbocycles. The summed E-state index contributed by atoms with van der Waals surface area (Å²) in [6.45, 7) is 2.10. The molecule has 3 aromatic heterocycles. The lowest BCUT2D eigenvalue weighted by atomic mass is 10.2. The zero-order chi connectivity index (χ0) is 16.4. The van der Waals surface area contributed by atoms with E-state index in [0.29, 0.717) is 4.21 Å². The van der Waals surface area contributed by atoms with Crippen LogP contribution in [0.15, 0.2) is 45.3 Å². The predicted molar refractivity (Wildman–Crippen MR) is 95.8 cm³/mol. The van der Waals surface area contributed by atoms with Crippen LogP contribution in [-0.2, 0) is 16.6 Å². The highest BCUT2D eigenvalue weighted by molar-refractivity contribution is 7.91. The van der Waals surface area contributed by atoms with Crippen LogP contribution >= 0.6 is 34.0 Å². The number of aliphatic hydroxyl groups is 1. The van der Waals surface area contributed by atoms with Crippen LogP contribution in [0.1, 0.15) is 26.3 Å². The molecule has 4 nitrogen and oxygen atoms in total. The maximum atomic E-state index is 12.2. The van der Waals surface area contributed by atoms with Crippen molar-refractivity contribution in [3.05, 3.63) is 61.3 Å². The zero-order valence-electron chi connectivity index (χ0n) is 12.2. The number of nitrogens with one attached hydrogen (secondary N) is 1. The summed E-state index contributed by atoms with van der Waals surface area (Å²) in [5.74, 6) is 0. The molecule has 1 unspecified atom stereocenters. The Kier molecular flexibility index (Phi) is 5.00. The average molecular weight is 386 g/mol. The van der Waals surface area contributed by atoms with Crippen LogP contribution in [0, 0.1) is 6.92 Å². The lowest BCUT2D eigenvalue weighted by Gasteiger charge is -2.05. The molecule has 0 radical (unpaired) electrons. The molecule has 0 amide bonds. The first-order chi connectivity index (χ1) is 11.0. The number of aryl methyl sites for hydroxylation is 1. The Morgan fingerprint density at radius 1 is 1.17 bits per heavy atom. The monoisotopic (exact) mass is 385 g/mol. The number of rotatable bonds is 6. The van der Waals surface area contributed by atoms with Crippen LogP contribution in [0.4, 0.5) is 0 Å². The van der Waals surface area contributed by atoms with Gasteiger partial charge in [-0.25, -0.2) is 13.1 Å². The molecule has 0 saturated carbocycles. The van der Waals surface area contributed by atoms with E-state index in [9.17, 15) is 13.5 Å². The predicted octanol–water partition coefficient (Wildman–Crippen LogP) is 3.74. The minimum absolute atomic E-state index is 0.223. The van der Waals surface area contributed by atoms with Crippen molar-refractivity contribution in [1.82, 2.24) is 4.72 Å². The van der Waals surface area contributed by atoms with E-state index < -0.39 is 16.1 Å². The van der Waals surface area contributed by atoms with Crippen molar-refractivity contribution in [2.45, 2.75) is 23.8 Å². The van der Waals surface area contributed by atoms with Gasteiger partial charge < -0.3 is 5.11 Å². The van der Waals surface area contributed by atoms with E-state index in [-0.39, 0.29) is 6.54 Å². The van der Waals surface area contributed by atoms with E-state index in [1.54, 1.807) is 12.1 Å². The molecule has 122 valence electrons. The Labute approximate surface area is 147 Å². The van der Waals surface area contributed by atoms with E-state index in [0.717, 1.165) is 20.2 Å². The Morgan fingerprint density at radius 3 is 2.65 bits per heavy atom. The van der Waals surface area contributed by atoms with Gasteiger partial charge in [0.2, 0.25) is 10.0 Å². The van der Waals surface area contributed by atoms with Gasteiger partial charge in [-0.1, -0.05) is 0 Å². The lowest BCUT2D eigenvalue weighted by molar-refractivity contribution is 0.224. The van der Waals surface area contributed by atoms with Gasteiger partial charge in [0.05, 0.1) is 0 Å². The van der Waals surface area contributed by atoms with Crippen LogP contribution in [0.2, 0.25) is 0 Å². The molecular formula is C15H15NO3S4. The van der Waals surface area contributed by atoms with E-state index in [4.69, 9.17) is 0 Å². The maximum Gasteiger partial charge on any atom is 0.250 e. The fourth-order valence-electron chi connectivity index (χ4n) is 2.03. The first kappa shape index (κ1) is 16.8. The Bertz CT molecular complexity index is 878. The second-order valence-electron chi connectivity index (χ2n) is 4.95. The van der Waals surface area contributed by atoms with Gasteiger partial charge in [0.15, 0.2) is 0 Å². The lowest BCUT2D eigenvalue weighted by Crippen LogP contribution is -2.21. The largest absolute Gasteiger partial charge is 0.383 e. The van der Waals surface area contributed by atoms with Gasteiger partial charge in [-0.3, -0.25) is 0 Å². The van der Waals surface area contributed by atoms with Gasteiger partial charge in [0, 0.05) is 21.2 Å². The summed E-state index contributed by atoms with van der Waals surface area (Å²) in [5, 5.41) is 14.1. The Balaban J connectivity index is 1.68. The molecule has 1 atom stereocenters. The molecule has 0 fully saturated rings. The molecule has 0 bridgehead atoms.